The van der Waals surface area contributed by atoms with Crippen molar-refractivity contribution in [3.05, 3.63) is 30.3 Å². The molecule has 0 bridgehead atoms. The molecule has 1 heterocycles. The molecular weight excluding hydrogens is 274 g/mol. The van der Waals surface area contributed by atoms with Crippen molar-refractivity contribution in [2.75, 3.05) is 6.54 Å². The minimum absolute atomic E-state index is 0.0870. The molecule has 0 amide bonds. The molecule has 108 valence electrons. The van der Waals surface area contributed by atoms with Crippen molar-refractivity contribution in [3.63, 3.8) is 0 Å². The molecule has 2 atom stereocenters. The standard InChI is InChI=1S/C15H19NO3S/c17-15-10-11-16(14-9-5-4-8-13(14)15)20(18,19)12-6-2-1-3-7-12/h1-3,6-7,13-14H,4-5,8-11H2/t13-,14-/m0/s1. The van der Waals surface area contributed by atoms with Crippen molar-refractivity contribution in [2.45, 2.75) is 43.0 Å². The average molecular weight is 293 g/mol. The monoisotopic (exact) mass is 293 g/mol. The lowest BCUT2D eigenvalue weighted by atomic mass is 9.79. The van der Waals surface area contributed by atoms with Gasteiger partial charge in [0, 0.05) is 24.9 Å². The fourth-order valence-electron chi connectivity index (χ4n) is 3.43. The van der Waals surface area contributed by atoms with Crippen LogP contribution in [0.15, 0.2) is 35.2 Å². The number of carbonyl (C=O) groups is 1. The number of Topliss-reactive ketones (excluding diaryl/α,β-unsaturated/α-hetero) is 1. The van der Waals surface area contributed by atoms with Gasteiger partial charge in [0.25, 0.3) is 0 Å². The Labute approximate surface area is 119 Å². The summed E-state index contributed by atoms with van der Waals surface area (Å²) < 4.78 is 27.1. The van der Waals surface area contributed by atoms with Crippen LogP contribution < -0.4 is 0 Å². The van der Waals surface area contributed by atoms with Gasteiger partial charge in [-0.25, -0.2) is 8.42 Å². The van der Waals surface area contributed by atoms with E-state index < -0.39 is 10.0 Å². The van der Waals surface area contributed by atoms with Crippen LogP contribution >= 0.6 is 0 Å². The van der Waals surface area contributed by atoms with Gasteiger partial charge in [-0.15, -0.1) is 0 Å². The molecule has 1 aromatic carbocycles. The summed E-state index contributed by atoms with van der Waals surface area (Å²) in [5.41, 5.74) is 0. The van der Waals surface area contributed by atoms with Gasteiger partial charge >= 0.3 is 0 Å². The normalized spacial score (nSPS) is 28.1. The zero-order chi connectivity index (χ0) is 14.2. The van der Waals surface area contributed by atoms with Crippen molar-refractivity contribution in [3.8, 4) is 0 Å². The second-order valence-electron chi connectivity index (χ2n) is 5.60. The first kappa shape index (κ1) is 13.8. The van der Waals surface area contributed by atoms with E-state index in [1.165, 1.54) is 0 Å². The van der Waals surface area contributed by atoms with E-state index in [1.807, 2.05) is 6.07 Å². The van der Waals surface area contributed by atoms with Gasteiger partial charge in [0.1, 0.15) is 5.78 Å². The molecule has 1 saturated carbocycles. The van der Waals surface area contributed by atoms with Gasteiger partial charge in [-0.1, -0.05) is 31.0 Å². The number of piperidine rings is 1. The molecule has 0 N–H and O–H groups in total. The topological polar surface area (TPSA) is 54.5 Å². The first-order chi connectivity index (χ1) is 9.60. The van der Waals surface area contributed by atoms with E-state index in [4.69, 9.17) is 0 Å². The highest BCUT2D eigenvalue weighted by Gasteiger charge is 2.43. The second kappa shape index (κ2) is 5.30. The maximum absolute atomic E-state index is 12.8. The summed E-state index contributed by atoms with van der Waals surface area (Å²) in [4.78, 5) is 12.3. The summed E-state index contributed by atoms with van der Waals surface area (Å²) in [5.74, 6) is 0.158. The molecule has 0 radical (unpaired) electrons. The molecule has 0 unspecified atom stereocenters. The molecular formula is C15H19NO3S. The Morgan fingerprint density at radius 3 is 2.50 bits per heavy atom. The van der Waals surface area contributed by atoms with Gasteiger partial charge in [-0.3, -0.25) is 4.79 Å². The van der Waals surface area contributed by atoms with Crippen LogP contribution in [-0.2, 0) is 14.8 Å². The number of benzene rings is 1. The number of rotatable bonds is 2. The Morgan fingerprint density at radius 2 is 1.75 bits per heavy atom. The van der Waals surface area contributed by atoms with Gasteiger partial charge in [0.15, 0.2) is 0 Å². The molecule has 3 rings (SSSR count). The van der Waals surface area contributed by atoms with Gasteiger partial charge in [-0.05, 0) is 25.0 Å². The lowest BCUT2D eigenvalue weighted by molar-refractivity contribution is -0.128. The molecule has 0 aromatic heterocycles. The molecule has 1 aliphatic heterocycles. The predicted octanol–water partition coefficient (Wildman–Crippen LogP) is 2.21. The number of carbonyl (C=O) groups excluding carboxylic acids is 1. The van der Waals surface area contributed by atoms with Crippen LogP contribution in [0.25, 0.3) is 0 Å². The third-order valence-corrected chi connectivity index (χ3v) is 6.38. The molecule has 1 saturated heterocycles. The maximum atomic E-state index is 12.8. The number of hydrogen-bond acceptors (Lipinski definition) is 3. The molecule has 2 aliphatic rings. The molecule has 5 heteroatoms. The minimum atomic E-state index is -3.47. The van der Waals surface area contributed by atoms with Crippen molar-refractivity contribution in [2.24, 2.45) is 5.92 Å². The van der Waals surface area contributed by atoms with Crippen molar-refractivity contribution < 1.29 is 13.2 Å². The van der Waals surface area contributed by atoms with Crippen LogP contribution in [-0.4, -0.2) is 31.1 Å². The largest absolute Gasteiger partial charge is 0.299 e. The SMILES string of the molecule is O=C1CCN(S(=O)(=O)c2ccccc2)[C@H]2CCCC[C@H]12. The molecule has 0 spiro atoms. The van der Waals surface area contributed by atoms with E-state index in [1.54, 1.807) is 28.6 Å². The van der Waals surface area contributed by atoms with E-state index in [0.29, 0.717) is 17.9 Å². The highest BCUT2D eigenvalue weighted by atomic mass is 32.2. The minimum Gasteiger partial charge on any atom is -0.299 e. The average Bonchev–Trinajstić information content (AvgIpc) is 2.48. The van der Waals surface area contributed by atoms with Gasteiger partial charge in [-0.2, -0.15) is 4.31 Å². The quantitative estimate of drug-likeness (QED) is 0.840. The van der Waals surface area contributed by atoms with E-state index in [0.717, 1.165) is 25.7 Å². The van der Waals surface area contributed by atoms with Crippen molar-refractivity contribution >= 4 is 15.8 Å². The number of hydrogen-bond donors (Lipinski definition) is 0. The van der Waals surface area contributed by atoms with Gasteiger partial charge in [0.2, 0.25) is 10.0 Å². The van der Waals surface area contributed by atoms with E-state index >= 15 is 0 Å². The summed E-state index contributed by atoms with van der Waals surface area (Å²) in [7, 11) is -3.47. The molecule has 2 fully saturated rings. The van der Waals surface area contributed by atoms with Gasteiger partial charge < -0.3 is 0 Å². The zero-order valence-corrected chi connectivity index (χ0v) is 12.2. The maximum Gasteiger partial charge on any atom is 0.243 e. The third-order valence-electron chi connectivity index (χ3n) is 4.44. The lowest BCUT2D eigenvalue weighted by Gasteiger charge is -2.42. The Balaban J connectivity index is 1.95. The Morgan fingerprint density at radius 1 is 1.05 bits per heavy atom. The summed E-state index contributed by atoms with van der Waals surface area (Å²) >= 11 is 0. The Bertz CT molecular complexity index is 597. The Hall–Kier alpha value is -1.20. The van der Waals surface area contributed by atoms with Crippen LogP contribution in [0.4, 0.5) is 0 Å². The number of sulfonamides is 1. The van der Waals surface area contributed by atoms with E-state index in [-0.39, 0.29) is 17.7 Å². The number of nitrogens with zero attached hydrogens (tertiary/aromatic N) is 1. The highest BCUT2D eigenvalue weighted by molar-refractivity contribution is 7.89. The molecule has 1 aliphatic carbocycles. The van der Waals surface area contributed by atoms with Crippen LogP contribution in [0, 0.1) is 5.92 Å². The van der Waals surface area contributed by atoms with Crippen LogP contribution in [0.3, 0.4) is 0 Å². The van der Waals surface area contributed by atoms with Crippen molar-refractivity contribution in [1.82, 2.24) is 4.31 Å². The lowest BCUT2D eigenvalue weighted by Crippen LogP contribution is -2.53. The van der Waals surface area contributed by atoms with Crippen LogP contribution in [0.5, 0.6) is 0 Å². The van der Waals surface area contributed by atoms with Gasteiger partial charge in [0.05, 0.1) is 4.90 Å². The zero-order valence-electron chi connectivity index (χ0n) is 11.4. The van der Waals surface area contributed by atoms with Crippen LogP contribution in [0.1, 0.15) is 32.1 Å². The Kier molecular flexibility index (Phi) is 3.65. The molecule has 20 heavy (non-hydrogen) atoms. The summed E-state index contributed by atoms with van der Waals surface area (Å²) in [6.45, 7) is 0.331. The second-order valence-corrected chi connectivity index (χ2v) is 7.49. The summed E-state index contributed by atoms with van der Waals surface area (Å²) in [6, 6.07) is 8.41. The summed E-state index contributed by atoms with van der Waals surface area (Å²) in [6.07, 6.45) is 4.04. The molecule has 1 aromatic rings. The third kappa shape index (κ3) is 2.29. The van der Waals surface area contributed by atoms with E-state index in [9.17, 15) is 13.2 Å². The van der Waals surface area contributed by atoms with Crippen LogP contribution in [0.2, 0.25) is 0 Å². The molecule has 4 nitrogen and oxygen atoms in total. The smallest absolute Gasteiger partial charge is 0.243 e. The fourth-order valence-corrected chi connectivity index (χ4v) is 5.14. The first-order valence-corrected chi connectivity index (χ1v) is 8.64. The fraction of sp³-hybridized carbons (Fsp3) is 0.533. The summed E-state index contributed by atoms with van der Waals surface area (Å²) in [5, 5.41) is 0. The first-order valence-electron chi connectivity index (χ1n) is 7.20. The number of ketones is 1. The number of fused-ring (bicyclic) bond motifs is 1. The highest BCUT2D eigenvalue weighted by Crippen LogP contribution is 2.36. The van der Waals surface area contributed by atoms with E-state index in [2.05, 4.69) is 0 Å². The predicted molar refractivity (Wildman–Crippen MR) is 75.7 cm³/mol. The van der Waals surface area contributed by atoms with Crippen molar-refractivity contribution in [1.29, 1.82) is 0 Å².